The van der Waals surface area contributed by atoms with Crippen molar-refractivity contribution in [1.82, 2.24) is 34.9 Å². The predicted octanol–water partition coefficient (Wildman–Crippen LogP) is 7.00. The number of hydrogen-bond donors (Lipinski definition) is 6. The number of carbonyl (C=O) groups is 3. The number of halogens is 4. The van der Waals surface area contributed by atoms with Gasteiger partial charge in [-0.25, -0.2) is 4.98 Å². The first kappa shape index (κ1) is 56.2. The number of hydrogen-bond acceptors (Lipinski definition) is 14. The zero-order valence-corrected chi connectivity index (χ0v) is 45.1. The smallest absolute Gasteiger partial charge is 0.405 e. The summed E-state index contributed by atoms with van der Waals surface area (Å²) in [6.45, 7) is 14.1. The molecule has 4 aromatic carbocycles. The van der Waals surface area contributed by atoms with Gasteiger partial charge >= 0.3 is 6.18 Å². The summed E-state index contributed by atoms with van der Waals surface area (Å²) in [5, 5.41) is 46.3. The number of aromatic nitrogens is 2. The maximum absolute atomic E-state index is 13.6. The van der Waals surface area contributed by atoms with Crippen LogP contribution >= 0.6 is 11.6 Å². The van der Waals surface area contributed by atoms with E-state index in [4.69, 9.17) is 32.4 Å². The van der Waals surface area contributed by atoms with Crippen LogP contribution in [0, 0.1) is 16.7 Å². The van der Waals surface area contributed by atoms with E-state index in [1.165, 1.54) is 12.1 Å². The minimum Gasteiger partial charge on any atom is -0.508 e. The van der Waals surface area contributed by atoms with Crippen LogP contribution in [0.2, 0.25) is 5.02 Å². The van der Waals surface area contributed by atoms with Crippen molar-refractivity contribution in [2.24, 2.45) is 5.92 Å². The molecule has 4 aliphatic heterocycles. The van der Waals surface area contributed by atoms with E-state index in [9.17, 15) is 37.8 Å². The third-order valence-electron chi connectivity index (χ3n) is 15.4. The van der Waals surface area contributed by atoms with Crippen LogP contribution in [0.25, 0.3) is 10.8 Å². The molecule has 3 amide bonds. The fourth-order valence-electron chi connectivity index (χ4n) is 11.0. The Morgan fingerprint density at radius 3 is 2.23 bits per heavy atom. The fourth-order valence-corrected chi connectivity index (χ4v) is 11.3. The van der Waals surface area contributed by atoms with Crippen LogP contribution in [-0.4, -0.2) is 167 Å². The first-order valence-electron chi connectivity index (χ1n) is 26.9. The highest BCUT2D eigenvalue weighted by Crippen LogP contribution is 2.37. The van der Waals surface area contributed by atoms with Crippen molar-refractivity contribution in [3.05, 3.63) is 118 Å². The molecule has 5 heterocycles. The molecule has 5 aromatic rings. The highest BCUT2D eigenvalue weighted by Gasteiger charge is 2.33. The molecule has 0 spiro atoms. The standard InChI is InChI=1S/C57H67ClF3N13O5/c1-3-39-31-43(48(76)32-47(39)75)52(62)74(53(63)55(79)65-36-57(59,60)61)41-13-11-37(12-14-41)33-68-23-25-69(26-24-68)34-38-16-20-70(21-17-38)50(78)15-19-64-56-66-45-35-73(46-10-6-8-40-7-5-9-44(58)51(40)46)22-18-42(45)54(67-56)72-29-27-71(28-30-72)49(77)4-2/h4-14,31-32,38,62-63,75-76H,2-3,15-30,33-36H2,1H3,(H,65,79)(H,64,66,67). The van der Waals surface area contributed by atoms with Gasteiger partial charge in [-0.15, -0.1) is 0 Å². The Morgan fingerprint density at radius 2 is 1.54 bits per heavy atom. The number of amidine groups is 2. The number of likely N-dealkylation sites (tertiary alicyclic amines) is 1. The van der Waals surface area contributed by atoms with Gasteiger partial charge in [0.05, 0.1) is 22.8 Å². The van der Waals surface area contributed by atoms with Crippen molar-refractivity contribution < 1.29 is 37.8 Å². The van der Waals surface area contributed by atoms with Gasteiger partial charge in [-0.1, -0.05) is 61.5 Å². The van der Waals surface area contributed by atoms with Crippen LogP contribution in [-0.2, 0) is 40.3 Å². The van der Waals surface area contributed by atoms with Gasteiger partial charge in [-0.3, -0.25) is 35.0 Å². The van der Waals surface area contributed by atoms with E-state index >= 15 is 0 Å². The van der Waals surface area contributed by atoms with Crippen molar-refractivity contribution in [1.29, 1.82) is 10.8 Å². The number of nitrogens with zero attached hydrogens (tertiary/aromatic N) is 9. The Bertz CT molecular complexity index is 3080. The van der Waals surface area contributed by atoms with E-state index in [2.05, 4.69) is 55.8 Å². The van der Waals surface area contributed by atoms with Gasteiger partial charge in [0.15, 0.2) is 5.84 Å². The number of alkyl halides is 3. The van der Waals surface area contributed by atoms with Gasteiger partial charge in [-0.2, -0.15) is 18.2 Å². The van der Waals surface area contributed by atoms with E-state index in [1.54, 1.807) is 41.4 Å². The lowest BCUT2D eigenvalue weighted by Crippen LogP contribution is -2.49. The van der Waals surface area contributed by atoms with Gasteiger partial charge in [0, 0.05) is 126 Å². The molecule has 0 saturated carbocycles. The first-order chi connectivity index (χ1) is 38.0. The van der Waals surface area contributed by atoms with E-state index in [-0.39, 0.29) is 28.8 Å². The van der Waals surface area contributed by atoms with Crippen LogP contribution in [0.5, 0.6) is 11.5 Å². The number of nitrogens with one attached hydrogen (secondary N) is 4. The molecule has 0 atom stereocenters. The monoisotopic (exact) mass is 1110 g/mol. The molecule has 18 nitrogen and oxygen atoms in total. The van der Waals surface area contributed by atoms with Crippen LogP contribution in [0.15, 0.2) is 85.5 Å². The molecule has 3 fully saturated rings. The number of aromatic hydroxyl groups is 2. The Morgan fingerprint density at radius 1 is 0.848 bits per heavy atom. The quantitative estimate of drug-likeness (QED) is 0.0355. The predicted molar refractivity (Wildman–Crippen MR) is 301 cm³/mol. The average Bonchev–Trinajstić information content (AvgIpc) is 3.46. The lowest BCUT2D eigenvalue weighted by atomic mass is 9.95. The van der Waals surface area contributed by atoms with Crippen molar-refractivity contribution >= 4 is 74.9 Å². The molecule has 6 N–H and O–H groups in total. The SMILES string of the molecule is C=CC(=O)N1CCN(c2nc(NCCC(=O)N3CCC(CN4CCN(Cc5ccc(N(C(=N)C(=O)NCC(F)(F)F)C(=N)c6cc(CC)c(O)cc6O)cc5)CC4)CC3)nc3c2CCN(c2cccc4cccc(Cl)c24)C3)CC1. The number of fused-ring (bicyclic) bond motifs is 2. The summed E-state index contributed by atoms with van der Waals surface area (Å²) in [7, 11) is 0. The Labute approximate surface area is 462 Å². The minimum absolute atomic E-state index is 0.0796. The normalized spacial score (nSPS) is 16.6. The minimum atomic E-state index is -4.72. The highest BCUT2D eigenvalue weighted by molar-refractivity contribution is 6.48. The van der Waals surface area contributed by atoms with Crippen LogP contribution < -0.4 is 25.3 Å². The summed E-state index contributed by atoms with van der Waals surface area (Å²) in [4.78, 5) is 63.0. The molecular weight excluding hydrogens is 1040 g/mol. The number of piperazine rings is 2. The summed E-state index contributed by atoms with van der Waals surface area (Å²) in [5.74, 6) is -1.76. The average molecular weight is 1110 g/mol. The van der Waals surface area contributed by atoms with Crippen molar-refractivity contribution in [3.63, 3.8) is 0 Å². The number of rotatable bonds is 15. The second kappa shape index (κ2) is 24.7. The number of phenols is 2. The first-order valence-corrected chi connectivity index (χ1v) is 27.3. The molecule has 22 heteroatoms. The van der Waals surface area contributed by atoms with Gasteiger partial charge in [0.2, 0.25) is 17.8 Å². The number of amides is 3. The van der Waals surface area contributed by atoms with E-state index < -0.39 is 36.0 Å². The maximum Gasteiger partial charge on any atom is 0.405 e. The lowest BCUT2D eigenvalue weighted by Gasteiger charge is -2.39. The second-order valence-corrected chi connectivity index (χ2v) is 20.9. The highest BCUT2D eigenvalue weighted by atomic mass is 35.5. The number of carbonyl (C=O) groups excluding carboxylic acids is 3. The van der Waals surface area contributed by atoms with Crippen molar-refractivity contribution in [3.8, 4) is 11.5 Å². The van der Waals surface area contributed by atoms with Gasteiger partial charge in [0.25, 0.3) is 5.91 Å². The molecule has 0 unspecified atom stereocenters. The third-order valence-corrected chi connectivity index (χ3v) is 15.7. The summed E-state index contributed by atoms with van der Waals surface area (Å²) in [6.07, 6.45) is -0.173. The molecule has 1 aromatic heterocycles. The van der Waals surface area contributed by atoms with Gasteiger partial charge in [-0.05, 0) is 84.5 Å². The maximum atomic E-state index is 13.6. The summed E-state index contributed by atoms with van der Waals surface area (Å²) in [6, 6.07) is 21.3. The van der Waals surface area contributed by atoms with Crippen LogP contribution in [0.3, 0.4) is 0 Å². The fraction of sp³-hybridized carbons (Fsp3) is 0.421. The summed E-state index contributed by atoms with van der Waals surface area (Å²) in [5.41, 5.74) is 4.39. The number of phenolic OH excluding ortho intramolecular Hbond substituents is 2. The topological polar surface area (TPSA) is 212 Å². The summed E-state index contributed by atoms with van der Waals surface area (Å²) < 4.78 is 39.0. The van der Waals surface area contributed by atoms with Crippen molar-refractivity contribution in [2.75, 3.05) is 112 Å². The van der Waals surface area contributed by atoms with Crippen molar-refractivity contribution in [2.45, 2.75) is 58.3 Å². The van der Waals surface area contributed by atoms with E-state index in [1.807, 2.05) is 17.0 Å². The Hall–Kier alpha value is -7.49. The molecule has 3 saturated heterocycles. The summed E-state index contributed by atoms with van der Waals surface area (Å²) >= 11 is 6.77. The van der Waals surface area contributed by atoms with Crippen LogP contribution in [0.4, 0.5) is 36.3 Å². The Kier molecular flexibility index (Phi) is 17.6. The molecule has 0 radical (unpaired) electrons. The molecule has 0 bridgehead atoms. The van der Waals surface area contributed by atoms with Gasteiger partial charge < -0.3 is 45.3 Å². The molecule has 79 heavy (non-hydrogen) atoms. The molecular formula is C57H67ClF3N13O5. The zero-order valence-electron chi connectivity index (χ0n) is 44.3. The number of piperidine rings is 1. The molecule has 418 valence electrons. The van der Waals surface area contributed by atoms with Crippen LogP contribution in [0.1, 0.15) is 54.1 Å². The van der Waals surface area contributed by atoms with E-state index in [0.717, 1.165) is 109 Å². The Balaban J connectivity index is 0.757. The third kappa shape index (κ3) is 13.3. The van der Waals surface area contributed by atoms with Gasteiger partial charge in [0.1, 0.15) is 29.7 Å². The lowest BCUT2D eigenvalue weighted by molar-refractivity contribution is -0.134. The zero-order chi connectivity index (χ0) is 56.0. The molecule has 9 rings (SSSR count). The number of anilines is 4. The van der Waals surface area contributed by atoms with E-state index in [0.29, 0.717) is 94.2 Å². The largest absolute Gasteiger partial charge is 0.508 e. The molecule has 4 aliphatic rings. The molecule has 0 aliphatic carbocycles. The number of benzene rings is 4. The second-order valence-electron chi connectivity index (χ2n) is 20.5. The number of aryl methyl sites for hydroxylation is 1.